The molecule has 1 fully saturated rings. The Kier molecular flexibility index (Phi) is 5.97. The number of rotatable bonds is 7. The van der Waals surface area contributed by atoms with E-state index in [1.54, 1.807) is 13.2 Å². The molecule has 1 aromatic heterocycles. The zero-order valence-electron chi connectivity index (χ0n) is 13.8. The fraction of sp³-hybridized carbons (Fsp3) is 0.643. The van der Waals surface area contributed by atoms with Crippen LogP contribution in [0.1, 0.15) is 19.3 Å². The van der Waals surface area contributed by atoms with Gasteiger partial charge in [0, 0.05) is 44.7 Å². The van der Waals surface area contributed by atoms with E-state index < -0.39 is 25.6 Å². The van der Waals surface area contributed by atoms with Crippen molar-refractivity contribution < 1.29 is 21.6 Å². The van der Waals surface area contributed by atoms with Crippen molar-refractivity contribution in [1.82, 2.24) is 14.0 Å². The van der Waals surface area contributed by atoms with E-state index in [2.05, 4.69) is 9.71 Å². The SMILES string of the molecule is COCCC1(NS(=O)(=O)c2cccnc2)CCN(S(C)(=O)=O)CC1. The van der Waals surface area contributed by atoms with Crippen LogP contribution in [0.3, 0.4) is 0 Å². The summed E-state index contributed by atoms with van der Waals surface area (Å²) in [5.41, 5.74) is -0.730. The van der Waals surface area contributed by atoms with E-state index in [1.807, 2.05) is 0 Å². The Morgan fingerprint density at radius 2 is 1.96 bits per heavy atom. The third-order valence-electron chi connectivity index (χ3n) is 4.23. The van der Waals surface area contributed by atoms with Gasteiger partial charge in [0.15, 0.2) is 0 Å². The van der Waals surface area contributed by atoms with Crippen molar-refractivity contribution in [2.45, 2.75) is 29.7 Å². The molecule has 0 bridgehead atoms. The van der Waals surface area contributed by atoms with Gasteiger partial charge in [-0.15, -0.1) is 0 Å². The van der Waals surface area contributed by atoms with Gasteiger partial charge in [-0.25, -0.2) is 25.9 Å². The van der Waals surface area contributed by atoms with E-state index in [9.17, 15) is 16.8 Å². The maximum absolute atomic E-state index is 12.6. The first-order valence-corrected chi connectivity index (χ1v) is 10.9. The van der Waals surface area contributed by atoms with Gasteiger partial charge in [-0.2, -0.15) is 0 Å². The lowest BCUT2D eigenvalue weighted by Gasteiger charge is -2.41. The molecule has 0 radical (unpaired) electrons. The number of nitrogens with one attached hydrogen (secondary N) is 1. The highest BCUT2D eigenvalue weighted by Crippen LogP contribution is 2.29. The van der Waals surface area contributed by atoms with Crippen LogP contribution in [0.15, 0.2) is 29.4 Å². The number of sulfonamides is 2. The molecule has 0 unspecified atom stereocenters. The van der Waals surface area contributed by atoms with Crippen molar-refractivity contribution in [1.29, 1.82) is 0 Å². The fourth-order valence-electron chi connectivity index (χ4n) is 2.80. The second kappa shape index (κ2) is 7.44. The topological polar surface area (TPSA) is 106 Å². The molecule has 1 aliphatic heterocycles. The summed E-state index contributed by atoms with van der Waals surface area (Å²) >= 11 is 0. The lowest BCUT2D eigenvalue weighted by molar-refractivity contribution is 0.132. The second-order valence-corrected chi connectivity index (χ2v) is 9.64. The number of hydrogen-bond donors (Lipinski definition) is 1. The highest BCUT2D eigenvalue weighted by molar-refractivity contribution is 7.89. The lowest BCUT2D eigenvalue weighted by Crippen LogP contribution is -2.56. The van der Waals surface area contributed by atoms with Crippen LogP contribution in [-0.4, -0.2) is 64.7 Å². The average molecular weight is 377 g/mol. The van der Waals surface area contributed by atoms with Crippen LogP contribution in [-0.2, 0) is 24.8 Å². The number of pyridine rings is 1. The summed E-state index contributed by atoms with van der Waals surface area (Å²) in [5.74, 6) is 0. The van der Waals surface area contributed by atoms with Gasteiger partial charge in [0.1, 0.15) is 4.90 Å². The molecule has 1 N–H and O–H groups in total. The molecule has 2 heterocycles. The first-order valence-electron chi connectivity index (χ1n) is 7.57. The van der Waals surface area contributed by atoms with Crippen LogP contribution < -0.4 is 4.72 Å². The fourth-order valence-corrected chi connectivity index (χ4v) is 5.09. The van der Waals surface area contributed by atoms with Gasteiger partial charge in [0.05, 0.1) is 6.26 Å². The number of aromatic nitrogens is 1. The summed E-state index contributed by atoms with van der Waals surface area (Å²) in [6, 6.07) is 3.04. The Morgan fingerprint density at radius 3 is 2.46 bits per heavy atom. The van der Waals surface area contributed by atoms with E-state index in [0.717, 1.165) is 6.26 Å². The van der Waals surface area contributed by atoms with E-state index >= 15 is 0 Å². The molecule has 1 saturated heterocycles. The zero-order valence-corrected chi connectivity index (χ0v) is 15.4. The molecule has 0 spiro atoms. The van der Waals surface area contributed by atoms with Gasteiger partial charge >= 0.3 is 0 Å². The Hall–Kier alpha value is -1.07. The summed E-state index contributed by atoms with van der Waals surface area (Å²) < 4.78 is 57.8. The summed E-state index contributed by atoms with van der Waals surface area (Å²) in [4.78, 5) is 3.93. The molecule has 0 amide bonds. The summed E-state index contributed by atoms with van der Waals surface area (Å²) in [5, 5.41) is 0. The van der Waals surface area contributed by atoms with Crippen LogP contribution in [0.5, 0.6) is 0 Å². The normalized spacial score (nSPS) is 19.2. The summed E-state index contributed by atoms with van der Waals surface area (Å²) in [7, 11) is -5.46. The van der Waals surface area contributed by atoms with Gasteiger partial charge in [-0.05, 0) is 31.4 Å². The van der Waals surface area contributed by atoms with Crippen LogP contribution in [0.2, 0.25) is 0 Å². The average Bonchev–Trinajstić information content (AvgIpc) is 2.53. The summed E-state index contributed by atoms with van der Waals surface area (Å²) in [6.45, 7) is 0.935. The molecule has 2 rings (SSSR count). The number of nitrogens with zero attached hydrogens (tertiary/aromatic N) is 2. The van der Waals surface area contributed by atoms with Crippen molar-refractivity contribution in [2.75, 3.05) is 33.1 Å². The molecule has 1 aromatic rings. The minimum Gasteiger partial charge on any atom is -0.385 e. The van der Waals surface area contributed by atoms with E-state index in [4.69, 9.17) is 4.74 Å². The van der Waals surface area contributed by atoms with Gasteiger partial charge in [-0.1, -0.05) is 0 Å². The molecule has 0 saturated carbocycles. The van der Waals surface area contributed by atoms with Gasteiger partial charge < -0.3 is 4.74 Å². The Labute approximate surface area is 143 Å². The molecule has 0 atom stereocenters. The van der Waals surface area contributed by atoms with Crippen molar-refractivity contribution in [2.24, 2.45) is 0 Å². The first kappa shape index (κ1) is 19.3. The second-order valence-electron chi connectivity index (χ2n) is 5.98. The van der Waals surface area contributed by atoms with E-state index in [1.165, 1.54) is 22.8 Å². The van der Waals surface area contributed by atoms with Gasteiger partial charge in [-0.3, -0.25) is 4.98 Å². The molecule has 0 aliphatic carbocycles. The van der Waals surface area contributed by atoms with Crippen LogP contribution in [0.25, 0.3) is 0 Å². The number of hydrogen-bond acceptors (Lipinski definition) is 6. The Balaban J connectivity index is 2.21. The molecular weight excluding hydrogens is 354 g/mol. The van der Waals surface area contributed by atoms with Crippen LogP contribution >= 0.6 is 0 Å². The maximum atomic E-state index is 12.6. The quantitative estimate of drug-likeness (QED) is 0.727. The standard InChI is InChI=1S/C14H23N3O5S2/c1-22-11-7-14(5-9-17(10-6-14)23(2,18)19)16-24(20,21)13-4-3-8-15-12-13/h3-4,8,12,16H,5-7,9-11H2,1-2H3. The van der Waals surface area contributed by atoms with Crippen molar-refractivity contribution in [3.05, 3.63) is 24.5 Å². The molecule has 136 valence electrons. The van der Waals surface area contributed by atoms with Crippen molar-refractivity contribution in [3.63, 3.8) is 0 Å². The largest absolute Gasteiger partial charge is 0.385 e. The zero-order chi connectivity index (χ0) is 17.8. The smallest absolute Gasteiger partial charge is 0.242 e. The third kappa shape index (κ3) is 4.73. The van der Waals surface area contributed by atoms with Gasteiger partial charge in [0.25, 0.3) is 0 Å². The maximum Gasteiger partial charge on any atom is 0.242 e. The molecular formula is C14H23N3O5S2. The Morgan fingerprint density at radius 1 is 1.29 bits per heavy atom. The Bertz CT molecular complexity index is 742. The minimum absolute atomic E-state index is 0.0901. The molecule has 24 heavy (non-hydrogen) atoms. The van der Waals surface area contributed by atoms with Crippen molar-refractivity contribution >= 4 is 20.0 Å². The highest BCUT2D eigenvalue weighted by Gasteiger charge is 2.40. The predicted molar refractivity (Wildman–Crippen MR) is 89.4 cm³/mol. The first-order chi connectivity index (χ1) is 11.2. The van der Waals surface area contributed by atoms with E-state index in [0.29, 0.717) is 25.9 Å². The van der Waals surface area contributed by atoms with Gasteiger partial charge in [0.2, 0.25) is 20.0 Å². The monoisotopic (exact) mass is 377 g/mol. The molecule has 10 heteroatoms. The highest BCUT2D eigenvalue weighted by atomic mass is 32.2. The number of ether oxygens (including phenoxy) is 1. The lowest BCUT2D eigenvalue weighted by atomic mass is 9.86. The molecule has 1 aliphatic rings. The number of piperidine rings is 1. The molecule has 8 nitrogen and oxygen atoms in total. The third-order valence-corrected chi connectivity index (χ3v) is 7.10. The predicted octanol–water partition coefficient (Wildman–Crippen LogP) is 0.191. The summed E-state index contributed by atoms with van der Waals surface area (Å²) in [6.07, 6.45) is 5.21. The minimum atomic E-state index is -3.74. The van der Waals surface area contributed by atoms with E-state index in [-0.39, 0.29) is 18.0 Å². The number of methoxy groups -OCH3 is 1. The van der Waals surface area contributed by atoms with Crippen LogP contribution in [0.4, 0.5) is 0 Å². The molecule has 0 aromatic carbocycles. The van der Waals surface area contributed by atoms with Crippen molar-refractivity contribution in [3.8, 4) is 0 Å². The van der Waals surface area contributed by atoms with Crippen LogP contribution in [0, 0.1) is 0 Å².